The molecule has 6 unspecified atom stereocenters. The minimum Gasteiger partial charge on any atom is -0.508 e. The summed E-state index contributed by atoms with van der Waals surface area (Å²) >= 11 is 4.03. The van der Waals surface area contributed by atoms with E-state index in [1.807, 2.05) is 0 Å². The van der Waals surface area contributed by atoms with Crippen LogP contribution >= 0.6 is 12.6 Å². The smallest absolute Gasteiger partial charge is 0.305 e. The molecule has 0 saturated carbocycles. The number of phenolic OH excluding ortho intramolecular Hbond substituents is 1. The SMILES string of the molecule is CC(=O)NCC(=O)NC(CS)C(=O)NCC(=O)NC(Cc1ccc(O)cc1)C(=O)NCC(=O)NC(CCCN=C(N)N)C(=O)NCC(=O)NC(CC(=O)O)C(=O)NC(CO)C(=O)N1CCCC1C(=O)NCC(N)=O. The van der Waals surface area contributed by atoms with Crippen molar-refractivity contribution >= 4 is 95.4 Å². The molecule has 0 aromatic heterocycles. The van der Waals surface area contributed by atoms with Gasteiger partial charge in [0.2, 0.25) is 70.9 Å². The summed E-state index contributed by atoms with van der Waals surface area (Å²) in [6.07, 6.45) is -0.795. The summed E-state index contributed by atoms with van der Waals surface area (Å²) in [4.78, 5) is 169. The van der Waals surface area contributed by atoms with E-state index in [-0.39, 0.29) is 56.2 Å². The highest BCUT2D eigenvalue weighted by Crippen LogP contribution is 2.19. The number of nitrogens with one attached hydrogen (secondary N) is 10. The molecule has 74 heavy (non-hydrogen) atoms. The molecule has 0 radical (unpaired) electrons. The first-order valence-electron chi connectivity index (χ1n) is 22.6. The fourth-order valence-corrected chi connectivity index (χ4v) is 7.00. The molecule has 12 amide bonds. The third-order valence-corrected chi connectivity index (χ3v) is 10.7. The van der Waals surface area contributed by atoms with Gasteiger partial charge in [0.25, 0.3) is 0 Å². The molecule has 6 atom stereocenters. The van der Waals surface area contributed by atoms with Crippen LogP contribution in [0.1, 0.15) is 44.6 Å². The second-order valence-corrected chi connectivity index (χ2v) is 16.6. The second-order valence-electron chi connectivity index (χ2n) is 16.3. The van der Waals surface area contributed by atoms with Crippen molar-refractivity contribution in [2.45, 2.75) is 81.7 Å². The average Bonchev–Trinajstić information content (AvgIpc) is 3.84. The van der Waals surface area contributed by atoms with Gasteiger partial charge in [-0.25, -0.2) is 0 Å². The standard InChI is InChI=1S/C42H63N15O16S/c1-21(59)47-15-31(62)55-28(20-74)38(70)51-18-33(64)53-25(12-22-6-8-23(60)9-7-22)37(69)50-16-32(63)52-24(4-2-10-46-42(44)45)36(68)49-17-34(65)54-26(13-35(66)67)39(71)56-27(19-58)41(73)57-11-3-5-29(57)40(72)48-14-30(43)61/h6-9,24-29,58,60,74H,2-5,10-20H2,1H3,(H2,43,61)(H,47,59)(H,48,72)(H,49,68)(H,50,69)(H,51,70)(H,52,63)(H,53,64)(H,54,65)(H,55,62)(H,56,71)(H,66,67)(H4,44,45,46). The van der Waals surface area contributed by atoms with Crippen molar-refractivity contribution in [3.05, 3.63) is 29.8 Å². The Morgan fingerprint density at radius 1 is 0.676 bits per heavy atom. The molecule has 1 saturated heterocycles. The zero-order valence-corrected chi connectivity index (χ0v) is 41.0. The molecule has 1 aromatic carbocycles. The largest absolute Gasteiger partial charge is 0.508 e. The summed E-state index contributed by atoms with van der Waals surface area (Å²) < 4.78 is 0. The van der Waals surface area contributed by atoms with Gasteiger partial charge >= 0.3 is 5.97 Å². The average molecular weight is 1070 g/mol. The van der Waals surface area contributed by atoms with Crippen LogP contribution in [-0.2, 0) is 68.7 Å². The topological polar surface area (TPSA) is 497 Å². The van der Waals surface area contributed by atoms with Crippen molar-refractivity contribution < 1.29 is 77.6 Å². The highest BCUT2D eigenvalue weighted by atomic mass is 32.1. The number of aliphatic hydroxyl groups excluding tert-OH is 1. The van der Waals surface area contributed by atoms with Crippen LogP contribution in [0.3, 0.4) is 0 Å². The van der Waals surface area contributed by atoms with E-state index >= 15 is 0 Å². The molecule has 408 valence electrons. The number of carboxylic acids is 1. The summed E-state index contributed by atoms with van der Waals surface area (Å²) in [6.45, 7) is -3.14. The number of nitrogens with zero attached hydrogens (tertiary/aromatic N) is 2. The predicted octanol–water partition coefficient (Wildman–Crippen LogP) is -9.11. The van der Waals surface area contributed by atoms with Gasteiger partial charge in [-0.2, -0.15) is 12.6 Å². The van der Waals surface area contributed by atoms with E-state index in [0.717, 1.165) is 4.90 Å². The first kappa shape index (κ1) is 61.8. The van der Waals surface area contributed by atoms with Crippen molar-refractivity contribution in [3.63, 3.8) is 0 Å². The molecular weight excluding hydrogens is 1000 g/mol. The third kappa shape index (κ3) is 23.3. The van der Waals surface area contributed by atoms with E-state index in [1.165, 1.54) is 31.2 Å². The van der Waals surface area contributed by atoms with Gasteiger partial charge in [0.15, 0.2) is 5.96 Å². The molecule has 1 aromatic rings. The van der Waals surface area contributed by atoms with Gasteiger partial charge in [0.1, 0.15) is 42.0 Å². The number of aliphatic carboxylic acids is 1. The summed E-state index contributed by atoms with van der Waals surface area (Å²) in [7, 11) is 0. The quantitative estimate of drug-likeness (QED) is 0.0142. The summed E-state index contributed by atoms with van der Waals surface area (Å²) in [5.74, 6) is -12.8. The maximum absolute atomic E-state index is 13.5. The van der Waals surface area contributed by atoms with Gasteiger partial charge in [0.05, 0.1) is 45.8 Å². The Labute approximate surface area is 427 Å². The second kappa shape index (κ2) is 31.9. The molecule has 1 fully saturated rings. The zero-order valence-electron chi connectivity index (χ0n) is 40.1. The number of thiol groups is 1. The highest BCUT2D eigenvalue weighted by Gasteiger charge is 2.38. The lowest BCUT2D eigenvalue weighted by molar-refractivity contribution is -0.144. The van der Waals surface area contributed by atoms with Crippen LogP contribution in [0.25, 0.3) is 0 Å². The Morgan fingerprint density at radius 2 is 1.19 bits per heavy atom. The first-order chi connectivity index (χ1) is 34.9. The van der Waals surface area contributed by atoms with Crippen LogP contribution in [0.2, 0.25) is 0 Å². The molecule has 32 heteroatoms. The number of nitrogens with two attached hydrogens (primary N) is 3. The molecule has 0 spiro atoms. The van der Waals surface area contributed by atoms with Crippen molar-refractivity contribution in [3.8, 4) is 5.75 Å². The molecule has 2 rings (SSSR count). The van der Waals surface area contributed by atoms with E-state index in [1.54, 1.807) is 0 Å². The minimum atomic E-state index is -1.88. The zero-order chi connectivity index (χ0) is 55.5. The molecule has 19 N–H and O–H groups in total. The van der Waals surface area contributed by atoms with Gasteiger partial charge in [-0.05, 0) is 43.4 Å². The van der Waals surface area contributed by atoms with Crippen LogP contribution < -0.4 is 70.4 Å². The third-order valence-electron chi connectivity index (χ3n) is 10.3. The Balaban J connectivity index is 2.13. The van der Waals surface area contributed by atoms with E-state index < -0.39 is 159 Å². The number of carbonyl (C=O) groups excluding carboxylic acids is 12. The number of phenols is 1. The van der Waals surface area contributed by atoms with Crippen LogP contribution in [0.15, 0.2) is 29.3 Å². The number of aromatic hydroxyl groups is 1. The number of carboxylic acid groups (broad SMARTS) is 1. The van der Waals surface area contributed by atoms with Crippen molar-refractivity contribution in [2.24, 2.45) is 22.2 Å². The Morgan fingerprint density at radius 3 is 1.70 bits per heavy atom. The number of amides is 12. The Bertz CT molecular complexity index is 2250. The van der Waals surface area contributed by atoms with E-state index in [9.17, 15) is 77.6 Å². The Hall–Kier alpha value is -8.29. The number of hydrogen-bond acceptors (Lipinski definition) is 17. The van der Waals surface area contributed by atoms with Crippen LogP contribution in [0.4, 0.5) is 0 Å². The van der Waals surface area contributed by atoms with Crippen LogP contribution in [-0.4, -0.2) is 197 Å². The molecule has 1 aliphatic rings. The number of benzene rings is 1. The lowest BCUT2D eigenvalue weighted by atomic mass is 10.0. The molecular formula is C42H63N15O16S. The van der Waals surface area contributed by atoms with Gasteiger partial charge < -0.3 is 90.6 Å². The van der Waals surface area contributed by atoms with E-state index in [0.29, 0.717) is 12.0 Å². The number of aliphatic imine (C=N–C) groups is 1. The fraction of sp³-hybridized carbons (Fsp3) is 0.524. The van der Waals surface area contributed by atoms with Crippen LogP contribution in [0.5, 0.6) is 5.75 Å². The summed E-state index contributed by atoms with van der Waals surface area (Å²) in [5, 5.41) is 52.1. The van der Waals surface area contributed by atoms with E-state index in [2.05, 4.69) is 70.8 Å². The lowest BCUT2D eigenvalue weighted by Gasteiger charge is -2.28. The van der Waals surface area contributed by atoms with Gasteiger partial charge in [-0.15, -0.1) is 0 Å². The Kier molecular flexibility index (Phi) is 26.7. The molecule has 0 aliphatic carbocycles. The number of rotatable bonds is 31. The molecule has 31 nitrogen and oxygen atoms in total. The molecule has 0 bridgehead atoms. The predicted molar refractivity (Wildman–Crippen MR) is 259 cm³/mol. The highest BCUT2D eigenvalue weighted by molar-refractivity contribution is 7.80. The van der Waals surface area contributed by atoms with E-state index in [4.69, 9.17) is 17.2 Å². The summed E-state index contributed by atoms with van der Waals surface area (Å²) in [6, 6.07) is -3.18. The maximum Gasteiger partial charge on any atom is 0.305 e. The van der Waals surface area contributed by atoms with Gasteiger partial charge in [-0.1, -0.05) is 12.1 Å². The minimum absolute atomic E-state index is 0.0228. The van der Waals surface area contributed by atoms with Gasteiger partial charge in [-0.3, -0.25) is 67.3 Å². The normalized spacial score (nSPS) is 14.6. The molecule has 1 heterocycles. The fourth-order valence-electron chi connectivity index (χ4n) is 6.74. The lowest BCUT2D eigenvalue weighted by Crippen LogP contribution is -2.58. The molecule has 1 aliphatic heterocycles. The number of likely N-dealkylation sites (tertiary alicyclic amines) is 1. The number of carbonyl (C=O) groups is 13. The van der Waals surface area contributed by atoms with Crippen LogP contribution in [0, 0.1) is 0 Å². The van der Waals surface area contributed by atoms with Crippen molar-refractivity contribution in [2.75, 3.05) is 58.2 Å². The van der Waals surface area contributed by atoms with Crippen molar-refractivity contribution in [1.82, 2.24) is 58.1 Å². The maximum atomic E-state index is 13.5. The van der Waals surface area contributed by atoms with Crippen molar-refractivity contribution in [1.29, 1.82) is 0 Å². The number of primary amides is 1. The number of hydrogen-bond donors (Lipinski definition) is 17. The number of aliphatic hydroxyl groups is 1. The van der Waals surface area contributed by atoms with Gasteiger partial charge in [0, 0.05) is 32.2 Å². The number of guanidine groups is 1. The summed E-state index contributed by atoms with van der Waals surface area (Å²) in [5.41, 5.74) is 16.3. The monoisotopic (exact) mass is 1070 g/mol. The first-order valence-corrected chi connectivity index (χ1v) is 23.3.